The number of phosphoric acid groups is 1. The summed E-state index contributed by atoms with van der Waals surface area (Å²) in [5.41, 5.74) is 0. The van der Waals surface area contributed by atoms with E-state index in [-0.39, 0.29) is 12.8 Å². The van der Waals surface area contributed by atoms with Crippen LogP contribution < -0.4 is 0 Å². The SMILES string of the molecule is CC/C=C\C/C=C\C/C=C\C/C=C\C/C=C\C/C=C\CCC(=O)OC(COC(=O)CCCCCCCCCCCCCCCCCCCCC)COP(=O)(O)OC1C(O)C(O)C(O)C(O)C1O. The van der Waals surface area contributed by atoms with Gasteiger partial charge in [-0.1, -0.05) is 202 Å². The van der Waals surface area contributed by atoms with Gasteiger partial charge in [-0.3, -0.25) is 18.6 Å². The van der Waals surface area contributed by atoms with Gasteiger partial charge >= 0.3 is 19.8 Å². The largest absolute Gasteiger partial charge is 0.472 e. The van der Waals surface area contributed by atoms with Gasteiger partial charge in [0.25, 0.3) is 0 Å². The Labute approximate surface area is 404 Å². The van der Waals surface area contributed by atoms with Crippen molar-refractivity contribution in [2.45, 2.75) is 236 Å². The van der Waals surface area contributed by atoms with Crippen LogP contribution in [0.1, 0.15) is 194 Å². The van der Waals surface area contributed by atoms with Gasteiger partial charge in [-0.2, -0.15) is 0 Å². The number of aliphatic hydroxyl groups is 5. The van der Waals surface area contributed by atoms with Crippen molar-refractivity contribution in [3.63, 3.8) is 0 Å². The normalized spacial score (nSPS) is 21.7. The molecule has 0 bridgehead atoms. The number of carbonyl (C=O) groups is 2. The van der Waals surface area contributed by atoms with Crippen LogP contribution in [0.2, 0.25) is 0 Å². The Hall–Kier alpha value is -2.71. The number of aliphatic hydroxyl groups excluding tert-OH is 5. The standard InChI is InChI=1S/C53H91O13P/c1-3-5-7-9-11-13-15-17-19-21-23-25-27-29-31-33-35-37-39-41-46(54)63-43-45(44-64-67(61,62)66-53-51(59)49(57)48(56)50(58)52(53)60)65-47(55)42-40-38-36-34-32-30-28-26-24-22-20-18-16-14-12-10-8-6-4-2/h6,8,12,14,18,20,24,26,30,32,36,38,45,48-53,56-60H,3-5,7,9-11,13,15-17,19,21-23,25,27-29,31,33-35,37,39-44H2,1-2H3,(H,61,62)/b8-6-,14-12-,20-18-,26-24-,32-30-,38-36-. The molecule has 0 aliphatic heterocycles. The van der Waals surface area contributed by atoms with Crippen LogP contribution in [0, 0.1) is 0 Å². The van der Waals surface area contributed by atoms with E-state index in [9.17, 15) is 44.6 Å². The molecule has 6 N–H and O–H groups in total. The fourth-order valence-corrected chi connectivity index (χ4v) is 8.46. The van der Waals surface area contributed by atoms with E-state index in [4.69, 9.17) is 18.5 Å². The van der Waals surface area contributed by atoms with Crippen molar-refractivity contribution in [1.82, 2.24) is 0 Å². The van der Waals surface area contributed by atoms with Crippen molar-refractivity contribution in [1.29, 1.82) is 0 Å². The smallest absolute Gasteiger partial charge is 0.462 e. The van der Waals surface area contributed by atoms with Crippen LogP contribution in [0.4, 0.5) is 0 Å². The van der Waals surface area contributed by atoms with Gasteiger partial charge in [0, 0.05) is 12.8 Å². The number of phosphoric ester groups is 1. The van der Waals surface area contributed by atoms with E-state index < -0.39 is 75.7 Å². The highest BCUT2D eigenvalue weighted by molar-refractivity contribution is 7.47. The first-order chi connectivity index (χ1) is 32.4. The molecular formula is C53H91O13P. The summed E-state index contributed by atoms with van der Waals surface area (Å²) in [4.78, 5) is 35.8. The summed E-state index contributed by atoms with van der Waals surface area (Å²) in [7, 11) is -5.15. The molecule has 6 atom stereocenters. The number of allylic oxidation sites excluding steroid dienone is 12. The number of carbonyl (C=O) groups excluding carboxylic acids is 2. The van der Waals surface area contributed by atoms with Crippen molar-refractivity contribution in [3.05, 3.63) is 72.9 Å². The maximum Gasteiger partial charge on any atom is 0.472 e. The lowest BCUT2D eigenvalue weighted by molar-refractivity contribution is -0.220. The van der Waals surface area contributed by atoms with Crippen LogP contribution in [-0.4, -0.2) is 98.3 Å². The number of esters is 2. The highest BCUT2D eigenvalue weighted by Gasteiger charge is 2.51. The summed E-state index contributed by atoms with van der Waals surface area (Å²) in [5, 5.41) is 50.3. The second-order valence-electron chi connectivity index (χ2n) is 17.7. The van der Waals surface area contributed by atoms with Gasteiger partial charge in [0.2, 0.25) is 0 Å². The third-order valence-electron chi connectivity index (χ3n) is 11.6. The molecule has 1 aliphatic rings. The van der Waals surface area contributed by atoms with Gasteiger partial charge in [-0.25, -0.2) is 4.57 Å². The van der Waals surface area contributed by atoms with Crippen LogP contribution in [0.15, 0.2) is 72.9 Å². The molecule has 0 amide bonds. The van der Waals surface area contributed by atoms with Crippen molar-refractivity contribution in [2.24, 2.45) is 0 Å². The van der Waals surface area contributed by atoms with Crippen molar-refractivity contribution in [2.75, 3.05) is 13.2 Å². The number of ether oxygens (including phenoxy) is 2. The Morgan fingerprint density at radius 2 is 0.851 bits per heavy atom. The van der Waals surface area contributed by atoms with Crippen LogP contribution in [0.5, 0.6) is 0 Å². The van der Waals surface area contributed by atoms with Crippen LogP contribution in [0.3, 0.4) is 0 Å². The van der Waals surface area contributed by atoms with Gasteiger partial charge in [0.15, 0.2) is 6.10 Å². The van der Waals surface area contributed by atoms with Gasteiger partial charge in [0.05, 0.1) is 6.61 Å². The lowest BCUT2D eigenvalue weighted by Crippen LogP contribution is -2.64. The Morgan fingerprint density at radius 1 is 0.478 bits per heavy atom. The molecule has 1 saturated carbocycles. The van der Waals surface area contributed by atoms with E-state index in [0.717, 1.165) is 51.4 Å². The molecule has 386 valence electrons. The molecule has 0 heterocycles. The average molecular weight is 967 g/mol. The van der Waals surface area contributed by atoms with E-state index in [0.29, 0.717) is 19.3 Å². The third-order valence-corrected chi connectivity index (χ3v) is 12.6. The molecule has 14 heteroatoms. The number of hydrogen-bond acceptors (Lipinski definition) is 12. The summed E-state index contributed by atoms with van der Waals surface area (Å²) in [5.74, 6) is -1.19. The summed E-state index contributed by atoms with van der Waals surface area (Å²) in [6.07, 6.45) is 41.1. The number of unbranched alkanes of at least 4 members (excludes halogenated alkanes) is 18. The first kappa shape index (κ1) is 62.3. The first-order valence-corrected chi connectivity index (χ1v) is 27.2. The fourth-order valence-electron chi connectivity index (χ4n) is 7.49. The lowest BCUT2D eigenvalue weighted by Gasteiger charge is -2.41. The van der Waals surface area contributed by atoms with Crippen LogP contribution >= 0.6 is 7.82 Å². The molecular weight excluding hydrogens is 876 g/mol. The summed E-state index contributed by atoms with van der Waals surface area (Å²) < 4.78 is 33.5. The van der Waals surface area contributed by atoms with Gasteiger partial charge in [0.1, 0.15) is 43.2 Å². The van der Waals surface area contributed by atoms with E-state index in [1.165, 1.54) is 96.3 Å². The second kappa shape index (κ2) is 42.2. The number of hydrogen-bond donors (Lipinski definition) is 6. The monoisotopic (exact) mass is 967 g/mol. The average Bonchev–Trinajstić information content (AvgIpc) is 3.31. The third kappa shape index (κ3) is 34.3. The van der Waals surface area contributed by atoms with Gasteiger partial charge in [-0.15, -0.1) is 0 Å². The quantitative estimate of drug-likeness (QED) is 0.0146. The molecule has 0 aromatic heterocycles. The lowest BCUT2D eigenvalue weighted by atomic mass is 9.85. The molecule has 1 rings (SSSR count). The zero-order valence-electron chi connectivity index (χ0n) is 41.2. The van der Waals surface area contributed by atoms with Crippen LogP contribution in [0.25, 0.3) is 0 Å². The summed E-state index contributed by atoms with van der Waals surface area (Å²) in [6, 6.07) is 0. The molecule has 0 radical (unpaired) electrons. The second-order valence-corrected chi connectivity index (χ2v) is 19.1. The summed E-state index contributed by atoms with van der Waals surface area (Å²) in [6.45, 7) is 3.15. The molecule has 67 heavy (non-hydrogen) atoms. The molecule has 1 aliphatic carbocycles. The Kier molecular flexibility index (Phi) is 39.2. The topological polar surface area (TPSA) is 210 Å². The Balaban J connectivity index is 2.45. The zero-order valence-corrected chi connectivity index (χ0v) is 42.1. The van der Waals surface area contributed by atoms with Crippen LogP contribution in [-0.2, 0) is 32.7 Å². The number of rotatable bonds is 42. The predicted molar refractivity (Wildman–Crippen MR) is 267 cm³/mol. The highest BCUT2D eigenvalue weighted by atomic mass is 31.2. The molecule has 0 spiro atoms. The Bertz CT molecular complexity index is 1440. The van der Waals surface area contributed by atoms with Gasteiger partial charge in [-0.05, 0) is 51.4 Å². The Morgan fingerprint density at radius 3 is 1.27 bits per heavy atom. The fraction of sp³-hybridized carbons (Fsp3) is 0.736. The minimum absolute atomic E-state index is 0.0299. The van der Waals surface area contributed by atoms with Crippen molar-refractivity contribution in [3.8, 4) is 0 Å². The van der Waals surface area contributed by atoms with Gasteiger partial charge < -0.3 is 39.9 Å². The maximum absolute atomic E-state index is 12.8. The molecule has 13 nitrogen and oxygen atoms in total. The molecule has 0 aromatic carbocycles. The summed E-state index contributed by atoms with van der Waals surface area (Å²) >= 11 is 0. The first-order valence-electron chi connectivity index (χ1n) is 25.7. The highest BCUT2D eigenvalue weighted by Crippen LogP contribution is 2.47. The predicted octanol–water partition coefficient (Wildman–Crippen LogP) is 11.1. The minimum atomic E-state index is -5.15. The zero-order chi connectivity index (χ0) is 49.2. The van der Waals surface area contributed by atoms with Crippen molar-refractivity contribution < 1.29 is 63.1 Å². The van der Waals surface area contributed by atoms with E-state index in [1.54, 1.807) is 0 Å². The van der Waals surface area contributed by atoms with Crippen molar-refractivity contribution >= 4 is 19.8 Å². The molecule has 0 saturated heterocycles. The van der Waals surface area contributed by atoms with E-state index in [2.05, 4.69) is 68.5 Å². The van der Waals surface area contributed by atoms with E-state index in [1.807, 2.05) is 18.2 Å². The molecule has 6 unspecified atom stereocenters. The van der Waals surface area contributed by atoms with E-state index >= 15 is 0 Å². The maximum atomic E-state index is 12.8. The minimum Gasteiger partial charge on any atom is -0.462 e. The molecule has 0 aromatic rings. The molecule has 1 fully saturated rings.